The molecule has 3 heteroatoms. The minimum absolute atomic E-state index is 0.109. The maximum absolute atomic E-state index is 11.7. The molecule has 0 aliphatic carbocycles. The van der Waals surface area contributed by atoms with Crippen molar-refractivity contribution in [2.45, 2.75) is 39.5 Å². The largest absolute Gasteiger partial charge is 0.339 e. The van der Waals surface area contributed by atoms with Gasteiger partial charge in [0.1, 0.15) is 6.29 Å². The van der Waals surface area contributed by atoms with E-state index < -0.39 is 0 Å². The van der Waals surface area contributed by atoms with Crippen LogP contribution in [0.5, 0.6) is 0 Å². The summed E-state index contributed by atoms with van der Waals surface area (Å²) in [5.74, 6) is 0.109. The van der Waals surface area contributed by atoms with Crippen molar-refractivity contribution in [3.63, 3.8) is 0 Å². The quantitative estimate of drug-likeness (QED) is 0.419. The van der Waals surface area contributed by atoms with Gasteiger partial charge < -0.3 is 4.90 Å². The molecule has 1 heterocycles. The number of nitrogens with zero attached hydrogens (tertiary/aromatic N) is 1. The van der Waals surface area contributed by atoms with Gasteiger partial charge in [-0.15, -0.1) is 0 Å². The van der Waals surface area contributed by atoms with Gasteiger partial charge in [-0.2, -0.15) is 0 Å². The number of hydrogen-bond acceptors (Lipinski definition) is 2. The normalized spacial score (nSPS) is 17.3. The molecule has 0 bridgehead atoms. The highest BCUT2D eigenvalue weighted by atomic mass is 16.2. The number of hydrogen-bond donors (Lipinski definition) is 0. The summed E-state index contributed by atoms with van der Waals surface area (Å²) < 4.78 is 0. The number of amides is 1. The fourth-order valence-electron chi connectivity index (χ4n) is 2.00. The Labute approximate surface area is 115 Å². The predicted molar refractivity (Wildman–Crippen MR) is 77.8 cm³/mol. The van der Waals surface area contributed by atoms with Crippen LogP contribution in [0.2, 0.25) is 0 Å². The first-order valence-electron chi connectivity index (χ1n) is 6.88. The standard InChI is InChI=1S/C16H23NO2/c1-14(7-5-9-15(2)13-18)8-6-10-16(19)17-11-3-4-12-17/h6,8-10,13H,3-5,7,11-12H2,1-2H3/b10-6+,14-8+,15-9+. The van der Waals surface area contributed by atoms with E-state index in [0.717, 1.165) is 50.6 Å². The lowest BCUT2D eigenvalue weighted by Crippen LogP contribution is -2.25. The monoisotopic (exact) mass is 261 g/mol. The van der Waals surface area contributed by atoms with E-state index in [1.54, 1.807) is 13.0 Å². The van der Waals surface area contributed by atoms with E-state index in [1.807, 2.05) is 30.1 Å². The minimum Gasteiger partial charge on any atom is -0.339 e. The van der Waals surface area contributed by atoms with Gasteiger partial charge in [-0.1, -0.05) is 23.8 Å². The van der Waals surface area contributed by atoms with Crippen LogP contribution in [-0.4, -0.2) is 30.2 Å². The number of aldehydes is 1. The van der Waals surface area contributed by atoms with Crippen LogP contribution < -0.4 is 0 Å². The first kappa shape index (κ1) is 15.4. The molecule has 0 aromatic carbocycles. The first-order chi connectivity index (χ1) is 9.13. The molecular formula is C16H23NO2. The smallest absolute Gasteiger partial charge is 0.246 e. The van der Waals surface area contributed by atoms with Crippen LogP contribution in [0.4, 0.5) is 0 Å². The Morgan fingerprint density at radius 1 is 1.21 bits per heavy atom. The summed E-state index contributed by atoms with van der Waals surface area (Å²) in [6, 6.07) is 0. The molecule has 0 saturated carbocycles. The third kappa shape index (κ3) is 6.18. The van der Waals surface area contributed by atoms with Crippen LogP contribution in [0.3, 0.4) is 0 Å². The zero-order chi connectivity index (χ0) is 14.1. The molecular weight excluding hydrogens is 238 g/mol. The highest BCUT2D eigenvalue weighted by Crippen LogP contribution is 2.09. The van der Waals surface area contributed by atoms with Crippen LogP contribution in [0.15, 0.2) is 35.5 Å². The number of allylic oxidation sites excluding steroid dienone is 5. The van der Waals surface area contributed by atoms with E-state index in [-0.39, 0.29) is 5.91 Å². The fraction of sp³-hybridized carbons (Fsp3) is 0.500. The molecule has 1 amide bonds. The Hall–Kier alpha value is -1.64. The zero-order valence-corrected chi connectivity index (χ0v) is 11.9. The van der Waals surface area contributed by atoms with Crippen molar-refractivity contribution < 1.29 is 9.59 Å². The van der Waals surface area contributed by atoms with Crippen molar-refractivity contribution in [2.24, 2.45) is 0 Å². The van der Waals surface area contributed by atoms with Crippen molar-refractivity contribution in [3.05, 3.63) is 35.5 Å². The van der Waals surface area contributed by atoms with Crippen LogP contribution in [0, 0.1) is 0 Å². The molecule has 1 aliphatic rings. The van der Waals surface area contributed by atoms with Crippen LogP contribution in [-0.2, 0) is 9.59 Å². The average molecular weight is 261 g/mol. The van der Waals surface area contributed by atoms with Crippen molar-refractivity contribution in [3.8, 4) is 0 Å². The summed E-state index contributed by atoms with van der Waals surface area (Å²) in [4.78, 5) is 24.0. The maximum atomic E-state index is 11.7. The molecule has 1 saturated heterocycles. The first-order valence-corrected chi connectivity index (χ1v) is 6.88. The summed E-state index contributed by atoms with van der Waals surface area (Å²) in [5, 5.41) is 0. The Morgan fingerprint density at radius 2 is 1.89 bits per heavy atom. The van der Waals surface area contributed by atoms with E-state index in [2.05, 4.69) is 0 Å². The van der Waals surface area contributed by atoms with Crippen molar-refractivity contribution in [1.29, 1.82) is 0 Å². The molecule has 0 radical (unpaired) electrons. The van der Waals surface area contributed by atoms with Gasteiger partial charge in [0.15, 0.2) is 0 Å². The topological polar surface area (TPSA) is 37.4 Å². The average Bonchev–Trinajstić information content (AvgIpc) is 2.92. The molecule has 0 unspecified atom stereocenters. The maximum Gasteiger partial charge on any atom is 0.246 e. The molecule has 1 rings (SSSR count). The molecule has 0 spiro atoms. The van der Waals surface area contributed by atoms with Gasteiger partial charge in [0.25, 0.3) is 0 Å². The lowest BCUT2D eigenvalue weighted by Gasteiger charge is -2.11. The predicted octanol–water partition coefficient (Wildman–Crippen LogP) is 3.04. The van der Waals surface area contributed by atoms with Crippen molar-refractivity contribution in [2.75, 3.05) is 13.1 Å². The molecule has 1 fully saturated rings. The second-order valence-electron chi connectivity index (χ2n) is 5.01. The molecule has 19 heavy (non-hydrogen) atoms. The van der Waals surface area contributed by atoms with Crippen LogP contribution in [0.1, 0.15) is 39.5 Å². The van der Waals surface area contributed by atoms with Gasteiger partial charge in [-0.25, -0.2) is 0 Å². The van der Waals surface area contributed by atoms with Gasteiger partial charge in [-0.3, -0.25) is 9.59 Å². The van der Waals surface area contributed by atoms with Crippen LogP contribution in [0.25, 0.3) is 0 Å². The lowest BCUT2D eigenvalue weighted by molar-refractivity contribution is -0.125. The Kier molecular flexibility index (Phi) is 6.86. The summed E-state index contributed by atoms with van der Waals surface area (Å²) >= 11 is 0. The molecule has 1 aliphatic heterocycles. The summed E-state index contributed by atoms with van der Waals surface area (Å²) in [6.45, 7) is 5.62. The molecule has 3 nitrogen and oxygen atoms in total. The van der Waals surface area contributed by atoms with E-state index in [9.17, 15) is 9.59 Å². The Morgan fingerprint density at radius 3 is 2.53 bits per heavy atom. The number of carbonyl (C=O) groups excluding carboxylic acids is 2. The Bertz CT molecular complexity index is 399. The highest BCUT2D eigenvalue weighted by Gasteiger charge is 2.14. The van der Waals surface area contributed by atoms with Crippen molar-refractivity contribution in [1.82, 2.24) is 4.90 Å². The fourth-order valence-corrected chi connectivity index (χ4v) is 2.00. The second kappa shape index (κ2) is 8.46. The van der Waals surface area contributed by atoms with Gasteiger partial charge >= 0.3 is 0 Å². The third-order valence-corrected chi connectivity index (χ3v) is 3.23. The van der Waals surface area contributed by atoms with Gasteiger partial charge in [0.05, 0.1) is 0 Å². The zero-order valence-electron chi connectivity index (χ0n) is 11.9. The van der Waals surface area contributed by atoms with Crippen LogP contribution >= 0.6 is 0 Å². The lowest BCUT2D eigenvalue weighted by atomic mass is 10.1. The highest BCUT2D eigenvalue weighted by molar-refractivity contribution is 5.88. The van der Waals surface area contributed by atoms with E-state index in [4.69, 9.17) is 0 Å². The van der Waals surface area contributed by atoms with Gasteiger partial charge in [0, 0.05) is 19.2 Å². The second-order valence-corrected chi connectivity index (χ2v) is 5.01. The molecule has 0 aromatic rings. The minimum atomic E-state index is 0.109. The SMILES string of the molecule is C/C(C=O)=C\CC/C(C)=C/C=C/C(=O)N1CCCC1. The third-order valence-electron chi connectivity index (χ3n) is 3.23. The van der Waals surface area contributed by atoms with E-state index in [0.29, 0.717) is 0 Å². The number of carbonyl (C=O) groups is 2. The molecule has 0 atom stereocenters. The Balaban J connectivity index is 2.33. The van der Waals surface area contributed by atoms with Gasteiger partial charge in [-0.05, 0) is 45.1 Å². The summed E-state index contributed by atoms with van der Waals surface area (Å²) in [7, 11) is 0. The van der Waals surface area contributed by atoms with Gasteiger partial charge in [0.2, 0.25) is 5.91 Å². The summed E-state index contributed by atoms with van der Waals surface area (Å²) in [6.07, 6.45) is 12.3. The number of likely N-dealkylation sites (tertiary alicyclic amines) is 1. The molecule has 104 valence electrons. The molecule has 0 aromatic heterocycles. The number of rotatable bonds is 6. The molecule has 0 N–H and O–H groups in total. The van der Waals surface area contributed by atoms with E-state index in [1.165, 1.54) is 5.57 Å². The van der Waals surface area contributed by atoms with E-state index >= 15 is 0 Å². The van der Waals surface area contributed by atoms with Crippen molar-refractivity contribution >= 4 is 12.2 Å². The summed E-state index contributed by atoms with van der Waals surface area (Å²) in [5.41, 5.74) is 1.98.